The molecular weight excluding hydrogens is 336 g/mol. The summed E-state index contributed by atoms with van der Waals surface area (Å²) in [5, 5.41) is 9.73. The van der Waals surface area contributed by atoms with Gasteiger partial charge in [0.2, 0.25) is 0 Å². The summed E-state index contributed by atoms with van der Waals surface area (Å²) in [6, 6.07) is 3.40. The highest BCUT2D eigenvalue weighted by molar-refractivity contribution is 6.01. The van der Waals surface area contributed by atoms with Gasteiger partial charge in [-0.15, -0.1) is 0 Å². The standard InChI is InChI=1S/C17H18N6O3/c18-14(25)12-13-16(22-15(20-12)9-2-1-7-19-8-9)23(17(26)21-13)10-3-5-11(24)6-4-10/h1-2,7-8,10-11,24H,3-6H2,(H2,18,25)(H,21,26)/t10-,11-. The van der Waals surface area contributed by atoms with E-state index in [1.807, 2.05) is 0 Å². The molecule has 3 aromatic rings. The largest absolute Gasteiger partial charge is 0.393 e. The first-order valence-electron chi connectivity index (χ1n) is 8.45. The van der Waals surface area contributed by atoms with Crippen LogP contribution >= 0.6 is 0 Å². The highest BCUT2D eigenvalue weighted by atomic mass is 16.3. The Kier molecular flexibility index (Phi) is 4.00. The molecule has 0 spiro atoms. The third-order valence-corrected chi connectivity index (χ3v) is 4.75. The maximum absolute atomic E-state index is 12.6. The van der Waals surface area contributed by atoms with Crippen LogP contribution < -0.4 is 11.4 Å². The Morgan fingerprint density at radius 2 is 2.04 bits per heavy atom. The molecule has 0 aliphatic heterocycles. The molecule has 134 valence electrons. The fourth-order valence-corrected chi connectivity index (χ4v) is 3.46. The van der Waals surface area contributed by atoms with Gasteiger partial charge in [-0.05, 0) is 37.8 Å². The highest BCUT2D eigenvalue weighted by Crippen LogP contribution is 2.30. The molecule has 0 unspecified atom stereocenters. The molecule has 9 nitrogen and oxygen atoms in total. The summed E-state index contributed by atoms with van der Waals surface area (Å²) >= 11 is 0. The molecular formula is C17H18N6O3. The number of aromatic nitrogens is 5. The van der Waals surface area contributed by atoms with Crippen molar-refractivity contribution in [1.82, 2.24) is 24.5 Å². The van der Waals surface area contributed by atoms with Crippen LogP contribution in [0.4, 0.5) is 0 Å². The van der Waals surface area contributed by atoms with Crippen molar-refractivity contribution in [1.29, 1.82) is 0 Å². The van der Waals surface area contributed by atoms with Crippen molar-refractivity contribution in [2.24, 2.45) is 5.73 Å². The number of nitrogens with two attached hydrogens (primary N) is 1. The van der Waals surface area contributed by atoms with E-state index in [0.717, 1.165) is 0 Å². The van der Waals surface area contributed by atoms with Gasteiger partial charge in [0.05, 0.1) is 6.10 Å². The number of nitrogens with zero attached hydrogens (tertiary/aromatic N) is 4. The number of rotatable bonds is 3. The third kappa shape index (κ3) is 2.76. The molecule has 3 aromatic heterocycles. The van der Waals surface area contributed by atoms with Gasteiger partial charge in [0.25, 0.3) is 5.91 Å². The van der Waals surface area contributed by atoms with Gasteiger partial charge in [0.15, 0.2) is 17.2 Å². The third-order valence-electron chi connectivity index (χ3n) is 4.75. The maximum Gasteiger partial charge on any atom is 0.327 e. The number of carbonyl (C=O) groups is 1. The van der Waals surface area contributed by atoms with Crippen LogP contribution in [0.1, 0.15) is 42.2 Å². The molecule has 0 radical (unpaired) electrons. The highest BCUT2D eigenvalue weighted by Gasteiger charge is 2.26. The van der Waals surface area contributed by atoms with E-state index in [4.69, 9.17) is 5.73 Å². The minimum absolute atomic E-state index is 0.0273. The van der Waals surface area contributed by atoms with E-state index in [0.29, 0.717) is 36.9 Å². The van der Waals surface area contributed by atoms with E-state index in [-0.39, 0.29) is 34.9 Å². The number of H-pyrrole nitrogens is 1. The first-order valence-corrected chi connectivity index (χ1v) is 8.45. The van der Waals surface area contributed by atoms with Crippen LogP contribution in [0, 0.1) is 0 Å². The van der Waals surface area contributed by atoms with Crippen LogP contribution in [0.3, 0.4) is 0 Å². The predicted molar refractivity (Wildman–Crippen MR) is 93.4 cm³/mol. The van der Waals surface area contributed by atoms with Crippen LogP contribution in [-0.2, 0) is 0 Å². The second kappa shape index (κ2) is 6.34. The first-order chi connectivity index (χ1) is 12.5. The number of imidazole rings is 1. The lowest BCUT2D eigenvalue weighted by Crippen LogP contribution is -2.27. The summed E-state index contributed by atoms with van der Waals surface area (Å²) in [4.78, 5) is 39.9. The van der Waals surface area contributed by atoms with Gasteiger partial charge in [0.1, 0.15) is 5.52 Å². The molecule has 0 saturated heterocycles. The number of aliphatic hydroxyl groups excluding tert-OH is 1. The molecule has 0 atom stereocenters. The lowest BCUT2D eigenvalue weighted by molar-refractivity contribution is 0.0997. The topological polar surface area (TPSA) is 140 Å². The number of pyridine rings is 1. The van der Waals surface area contributed by atoms with Crippen molar-refractivity contribution in [3.63, 3.8) is 0 Å². The molecule has 1 amide bonds. The van der Waals surface area contributed by atoms with E-state index < -0.39 is 5.91 Å². The Morgan fingerprint density at radius 3 is 2.69 bits per heavy atom. The minimum Gasteiger partial charge on any atom is -0.393 e. The van der Waals surface area contributed by atoms with E-state index >= 15 is 0 Å². The van der Waals surface area contributed by atoms with E-state index in [2.05, 4.69) is 19.9 Å². The number of primary amides is 1. The SMILES string of the molecule is NC(=O)c1nc(-c2cccnc2)nc2c1[nH]c(=O)n2[C@H]1CC[C@H](O)CC1. The average molecular weight is 354 g/mol. The van der Waals surface area contributed by atoms with Crippen LogP contribution in [0.25, 0.3) is 22.6 Å². The number of hydrogen-bond donors (Lipinski definition) is 3. The fourth-order valence-electron chi connectivity index (χ4n) is 3.46. The van der Waals surface area contributed by atoms with Gasteiger partial charge in [-0.25, -0.2) is 14.8 Å². The zero-order valence-electron chi connectivity index (χ0n) is 13.9. The van der Waals surface area contributed by atoms with Crippen LogP contribution in [-0.4, -0.2) is 41.6 Å². The normalized spacial score (nSPS) is 20.3. The van der Waals surface area contributed by atoms with Gasteiger partial charge in [-0.1, -0.05) is 0 Å². The van der Waals surface area contributed by atoms with Gasteiger partial charge in [-0.3, -0.25) is 14.3 Å². The molecule has 4 rings (SSSR count). The van der Waals surface area contributed by atoms with Crippen molar-refractivity contribution >= 4 is 17.1 Å². The van der Waals surface area contributed by atoms with E-state index in [1.165, 1.54) is 0 Å². The van der Waals surface area contributed by atoms with Crippen molar-refractivity contribution in [3.05, 3.63) is 40.7 Å². The molecule has 4 N–H and O–H groups in total. The summed E-state index contributed by atoms with van der Waals surface area (Å²) in [7, 11) is 0. The Hall–Kier alpha value is -3.07. The van der Waals surface area contributed by atoms with Crippen molar-refractivity contribution in [2.75, 3.05) is 0 Å². The number of fused-ring (bicyclic) bond motifs is 1. The molecule has 1 fully saturated rings. The number of aromatic amines is 1. The van der Waals surface area contributed by atoms with Gasteiger partial charge in [-0.2, -0.15) is 0 Å². The van der Waals surface area contributed by atoms with Gasteiger partial charge >= 0.3 is 5.69 Å². The Morgan fingerprint density at radius 1 is 1.27 bits per heavy atom. The monoisotopic (exact) mass is 354 g/mol. The summed E-state index contributed by atoms with van der Waals surface area (Å²) in [5.74, 6) is -0.460. The van der Waals surface area contributed by atoms with Crippen molar-refractivity contribution < 1.29 is 9.90 Å². The molecule has 26 heavy (non-hydrogen) atoms. The molecule has 0 bridgehead atoms. The second-order valence-electron chi connectivity index (χ2n) is 6.46. The lowest BCUT2D eigenvalue weighted by Gasteiger charge is -2.26. The van der Waals surface area contributed by atoms with Crippen LogP contribution in [0.15, 0.2) is 29.3 Å². The smallest absolute Gasteiger partial charge is 0.327 e. The summed E-state index contributed by atoms with van der Waals surface area (Å²) in [6.07, 6.45) is 5.42. The number of carbonyl (C=O) groups excluding carboxylic acids is 1. The van der Waals surface area contributed by atoms with Crippen LogP contribution in [0.2, 0.25) is 0 Å². The molecule has 1 aliphatic rings. The molecule has 3 heterocycles. The number of amides is 1. The zero-order chi connectivity index (χ0) is 18.3. The number of nitrogens with one attached hydrogen (secondary N) is 1. The summed E-state index contributed by atoms with van der Waals surface area (Å²) in [5.41, 5.74) is 6.29. The molecule has 9 heteroatoms. The Balaban J connectivity index is 1.93. The first kappa shape index (κ1) is 16.4. The predicted octanol–water partition coefficient (Wildman–Crippen LogP) is 0.756. The van der Waals surface area contributed by atoms with E-state index in [1.54, 1.807) is 29.1 Å². The summed E-state index contributed by atoms with van der Waals surface area (Å²) in [6.45, 7) is 0. The Labute approximate surface area is 147 Å². The van der Waals surface area contributed by atoms with Gasteiger partial charge < -0.3 is 15.8 Å². The zero-order valence-corrected chi connectivity index (χ0v) is 13.9. The number of aliphatic hydroxyl groups is 1. The maximum atomic E-state index is 12.6. The minimum atomic E-state index is -0.741. The van der Waals surface area contributed by atoms with Gasteiger partial charge in [0, 0.05) is 24.0 Å². The average Bonchev–Trinajstić information content (AvgIpc) is 2.98. The van der Waals surface area contributed by atoms with Crippen molar-refractivity contribution in [2.45, 2.75) is 37.8 Å². The fraction of sp³-hybridized carbons (Fsp3) is 0.353. The summed E-state index contributed by atoms with van der Waals surface area (Å²) < 4.78 is 1.55. The number of hydrogen-bond acceptors (Lipinski definition) is 6. The molecule has 1 saturated carbocycles. The van der Waals surface area contributed by atoms with E-state index in [9.17, 15) is 14.7 Å². The Bertz CT molecular complexity index is 1020. The van der Waals surface area contributed by atoms with Crippen molar-refractivity contribution in [3.8, 4) is 11.4 Å². The quantitative estimate of drug-likeness (QED) is 0.634. The molecule has 1 aliphatic carbocycles. The second-order valence-corrected chi connectivity index (χ2v) is 6.46. The van der Waals surface area contributed by atoms with Crippen LogP contribution in [0.5, 0.6) is 0 Å². The lowest BCUT2D eigenvalue weighted by atomic mass is 9.93. The molecule has 0 aromatic carbocycles.